The molecule has 5 rings (SSSR count). The smallest absolute Gasteiger partial charge is 0.161 e. The summed E-state index contributed by atoms with van der Waals surface area (Å²) in [5, 5.41) is 0. The van der Waals surface area contributed by atoms with E-state index in [1.54, 1.807) is 28.4 Å². The van der Waals surface area contributed by atoms with Gasteiger partial charge in [0, 0.05) is 19.1 Å². The molecule has 0 radical (unpaired) electrons. The van der Waals surface area contributed by atoms with E-state index in [0.717, 1.165) is 55.4 Å². The van der Waals surface area contributed by atoms with Crippen molar-refractivity contribution in [3.8, 4) is 23.0 Å². The van der Waals surface area contributed by atoms with E-state index < -0.39 is 0 Å². The Morgan fingerprint density at radius 2 is 1.18 bits per heavy atom. The van der Waals surface area contributed by atoms with Gasteiger partial charge in [-0.05, 0) is 103 Å². The Kier molecular flexibility index (Phi) is 9.00. The van der Waals surface area contributed by atoms with Crippen molar-refractivity contribution in [1.29, 1.82) is 0 Å². The van der Waals surface area contributed by atoms with Gasteiger partial charge in [0.05, 0.1) is 34.5 Å². The van der Waals surface area contributed by atoms with E-state index in [0.29, 0.717) is 0 Å². The normalized spacial score (nSPS) is 18.9. The molecule has 3 aromatic carbocycles. The molecular weight excluding hydrogens is 512 g/mol. The van der Waals surface area contributed by atoms with Gasteiger partial charge in [0.2, 0.25) is 0 Å². The van der Waals surface area contributed by atoms with Gasteiger partial charge in [-0.2, -0.15) is 0 Å². The van der Waals surface area contributed by atoms with Gasteiger partial charge in [-0.1, -0.05) is 18.2 Å². The minimum Gasteiger partial charge on any atom is -0.493 e. The first-order valence-corrected chi connectivity index (χ1v) is 13.4. The zero-order chi connectivity index (χ0) is 27.0. The predicted octanol–water partition coefficient (Wildman–Crippen LogP) is 5.80. The summed E-state index contributed by atoms with van der Waals surface area (Å²) in [4.78, 5) is 4.92. The lowest BCUT2D eigenvalue weighted by Gasteiger charge is -2.37. The molecule has 2 atom stereocenters. The van der Waals surface area contributed by atoms with Crippen LogP contribution in [0.1, 0.15) is 51.0 Å². The molecule has 0 aliphatic carbocycles. The van der Waals surface area contributed by atoms with Gasteiger partial charge in [-0.15, -0.1) is 12.4 Å². The zero-order valence-corrected chi connectivity index (χ0v) is 25.0. The molecule has 210 valence electrons. The number of halogens is 1. The summed E-state index contributed by atoms with van der Waals surface area (Å²) >= 11 is 0. The molecule has 0 spiro atoms. The van der Waals surface area contributed by atoms with Crippen LogP contribution in [0.4, 0.5) is 0 Å². The number of rotatable bonds is 7. The summed E-state index contributed by atoms with van der Waals surface area (Å²) in [5.41, 5.74) is 9.30. The third kappa shape index (κ3) is 5.43. The highest BCUT2D eigenvalue weighted by Crippen LogP contribution is 2.43. The van der Waals surface area contributed by atoms with Gasteiger partial charge in [-0.3, -0.25) is 9.80 Å². The minimum atomic E-state index is 0. The number of nitrogens with zero attached hydrogens (tertiary/aromatic N) is 2. The zero-order valence-electron chi connectivity index (χ0n) is 24.2. The summed E-state index contributed by atoms with van der Waals surface area (Å²) in [7, 11) is 11.3. The van der Waals surface area contributed by atoms with Crippen LogP contribution in [0.25, 0.3) is 0 Å². The monoisotopic (exact) mass is 552 g/mol. The fraction of sp³-hybridized carbons (Fsp3) is 0.438. The average Bonchev–Trinajstić information content (AvgIpc) is 2.94. The lowest BCUT2D eigenvalue weighted by Crippen LogP contribution is -2.34. The quantitative estimate of drug-likeness (QED) is 0.369. The minimum absolute atomic E-state index is 0. The molecular formula is C32H41ClN2O4. The van der Waals surface area contributed by atoms with Crippen molar-refractivity contribution in [2.24, 2.45) is 0 Å². The van der Waals surface area contributed by atoms with Crippen LogP contribution >= 0.6 is 12.4 Å². The number of hydrogen-bond acceptors (Lipinski definition) is 6. The molecule has 0 aromatic heterocycles. The number of methoxy groups -OCH3 is 4. The number of hydrogen-bond donors (Lipinski definition) is 0. The van der Waals surface area contributed by atoms with E-state index in [1.807, 2.05) is 0 Å². The van der Waals surface area contributed by atoms with Crippen molar-refractivity contribution in [1.82, 2.24) is 9.80 Å². The van der Waals surface area contributed by atoms with Gasteiger partial charge < -0.3 is 18.9 Å². The van der Waals surface area contributed by atoms with Crippen molar-refractivity contribution < 1.29 is 18.9 Å². The first-order valence-electron chi connectivity index (χ1n) is 13.4. The largest absolute Gasteiger partial charge is 0.493 e. The molecule has 7 heteroatoms. The van der Waals surface area contributed by atoms with Crippen LogP contribution in [0.2, 0.25) is 0 Å². The molecule has 2 heterocycles. The van der Waals surface area contributed by atoms with E-state index in [4.69, 9.17) is 18.9 Å². The molecule has 0 fully saturated rings. The third-order valence-electron chi connectivity index (χ3n) is 8.45. The molecule has 0 amide bonds. The van der Waals surface area contributed by atoms with E-state index >= 15 is 0 Å². The van der Waals surface area contributed by atoms with E-state index in [1.165, 1.54) is 38.9 Å². The first kappa shape index (κ1) is 29.1. The summed E-state index contributed by atoms with van der Waals surface area (Å²) < 4.78 is 22.5. The fourth-order valence-electron chi connectivity index (χ4n) is 6.23. The summed E-state index contributed by atoms with van der Waals surface area (Å²) in [6.45, 7) is 4.24. The lowest BCUT2D eigenvalue weighted by atomic mass is 9.84. The van der Waals surface area contributed by atoms with Crippen molar-refractivity contribution >= 4 is 12.4 Å². The van der Waals surface area contributed by atoms with Crippen molar-refractivity contribution in [2.45, 2.75) is 38.3 Å². The van der Waals surface area contributed by atoms with Gasteiger partial charge in [0.25, 0.3) is 0 Å². The van der Waals surface area contributed by atoms with Gasteiger partial charge in [0.1, 0.15) is 0 Å². The maximum atomic E-state index is 5.69. The third-order valence-corrected chi connectivity index (χ3v) is 8.45. The van der Waals surface area contributed by atoms with E-state index in [-0.39, 0.29) is 24.5 Å². The first-order chi connectivity index (χ1) is 18.4. The molecule has 2 aliphatic rings. The Morgan fingerprint density at radius 1 is 0.667 bits per heavy atom. The Balaban J connectivity index is 0.00000353. The summed E-state index contributed by atoms with van der Waals surface area (Å²) in [5.74, 6) is 3.18. The second-order valence-corrected chi connectivity index (χ2v) is 10.6. The Labute approximate surface area is 239 Å². The Bertz CT molecular complexity index is 1330. The van der Waals surface area contributed by atoms with E-state index in [2.05, 4.69) is 73.3 Å². The molecule has 2 unspecified atom stereocenters. The standard InChI is InChI=1S/C32H40N2O4.ClH/c1-20-8-9-21(15-27-25-18-30(37-6)28(35-4)16-22(25)10-12-33(27)2)14-24(20)32-26-19-31(38-7)29(36-5)17-23(26)11-13-34(32)3;/h8-9,14,16-19,27,32H,10-13,15H2,1-7H3;1H. The van der Waals surface area contributed by atoms with Gasteiger partial charge in [0.15, 0.2) is 23.0 Å². The van der Waals surface area contributed by atoms with Crippen LogP contribution in [0.15, 0.2) is 42.5 Å². The van der Waals surface area contributed by atoms with Crippen molar-refractivity contribution in [2.75, 3.05) is 55.6 Å². The highest BCUT2D eigenvalue weighted by Gasteiger charge is 2.31. The topological polar surface area (TPSA) is 43.4 Å². The number of aryl methyl sites for hydroxylation is 1. The molecule has 0 saturated heterocycles. The summed E-state index contributed by atoms with van der Waals surface area (Å²) in [6.07, 6.45) is 2.94. The highest BCUT2D eigenvalue weighted by molar-refractivity contribution is 5.85. The van der Waals surface area contributed by atoms with Crippen LogP contribution in [-0.4, -0.2) is 65.4 Å². The van der Waals surface area contributed by atoms with Crippen LogP contribution in [0, 0.1) is 6.92 Å². The molecule has 2 aliphatic heterocycles. The average molecular weight is 553 g/mol. The van der Waals surface area contributed by atoms with Crippen LogP contribution in [0.3, 0.4) is 0 Å². The number of likely N-dealkylation sites (N-methyl/N-ethyl adjacent to an activating group) is 2. The second kappa shape index (κ2) is 12.1. The van der Waals surface area contributed by atoms with Crippen LogP contribution < -0.4 is 18.9 Å². The molecule has 0 N–H and O–H groups in total. The molecule has 3 aromatic rings. The Morgan fingerprint density at radius 3 is 1.77 bits per heavy atom. The SMILES string of the molecule is COc1cc2c(cc1OC)C(Cc1ccc(C)c(C3c4cc(OC)c(OC)cc4CCN3C)c1)N(C)CC2.Cl. The second-order valence-electron chi connectivity index (χ2n) is 10.6. The predicted molar refractivity (Wildman–Crippen MR) is 158 cm³/mol. The lowest BCUT2D eigenvalue weighted by molar-refractivity contribution is 0.227. The van der Waals surface area contributed by atoms with Crippen LogP contribution in [0.5, 0.6) is 23.0 Å². The number of benzene rings is 3. The maximum absolute atomic E-state index is 5.69. The number of ether oxygens (including phenoxy) is 4. The fourth-order valence-corrected chi connectivity index (χ4v) is 6.23. The molecule has 0 bridgehead atoms. The summed E-state index contributed by atoms with van der Waals surface area (Å²) in [6, 6.07) is 16.1. The molecule has 39 heavy (non-hydrogen) atoms. The van der Waals surface area contributed by atoms with Crippen molar-refractivity contribution in [3.63, 3.8) is 0 Å². The van der Waals surface area contributed by atoms with Crippen molar-refractivity contribution in [3.05, 3.63) is 81.4 Å². The van der Waals surface area contributed by atoms with Gasteiger partial charge in [-0.25, -0.2) is 0 Å². The van der Waals surface area contributed by atoms with E-state index in [9.17, 15) is 0 Å². The maximum Gasteiger partial charge on any atom is 0.161 e. The molecule has 0 saturated carbocycles. The van der Waals surface area contributed by atoms with Crippen LogP contribution in [-0.2, 0) is 19.3 Å². The van der Waals surface area contributed by atoms with Gasteiger partial charge >= 0.3 is 0 Å². The Hall–Kier alpha value is -2.93. The highest BCUT2D eigenvalue weighted by atomic mass is 35.5. The molecule has 6 nitrogen and oxygen atoms in total. The number of fused-ring (bicyclic) bond motifs is 2.